The van der Waals surface area contributed by atoms with Crippen LogP contribution in [0.5, 0.6) is 17.4 Å². The highest BCUT2D eigenvalue weighted by Crippen LogP contribution is 2.35. The second kappa shape index (κ2) is 8.02. The fourth-order valence-electron chi connectivity index (χ4n) is 2.89. The molecular weight excluding hydrogens is 397 g/mol. The minimum atomic E-state index is -4.42. The van der Waals surface area contributed by atoms with E-state index in [0.717, 1.165) is 11.6 Å². The number of fused-ring (bicyclic) bond motifs is 1. The van der Waals surface area contributed by atoms with E-state index in [0.29, 0.717) is 30.4 Å². The van der Waals surface area contributed by atoms with Crippen molar-refractivity contribution in [1.29, 1.82) is 0 Å². The molecule has 0 aliphatic rings. The molecule has 9 heteroatoms. The summed E-state index contributed by atoms with van der Waals surface area (Å²) in [4.78, 5) is 4.22. The predicted molar refractivity (Wildman–Crippen MR) is 103 cm³/mol. The molecule has 0 N–H and O–H groups in total. The lowest BCUT2D eigenvalue weighted by atomic mass is 10.1. The van der Waals surface area contributed by atoms with Gasteiger partial charge in [0.25, 0.3) is 5.78 Å². The van der Waals surface area contributed by atoms with E-state index in [4.69, 9.17) is 9.47 Å². The maximum atomic E-state index is 13.0. The van der Waals surface area contributed by atoms with Gasteiger partial charge in [0.2, 0.25) is 5.88 Å². The van der Waals surface area contributed by atoms with Crippen LogP contribution < -0.4 is 9.47 Å². The highest BCUT2D eigenvalue weighted by atomic mass is 19.4. The van der Waals surface area contributed by atoms with Crippen molar-refractivity contribution in [3.05, 3.63) is 77.7 Å². The molecule has 0 radical (unpaired) electrons. The molecule has 4 aromatic rings. The summed E-state index contributed by atoms with van der Waals surface area (Å²) in [5, 5.41) is 7.62. The van der Waals surface area contributed by atoms with E-state index in [1.165, 1.54) is 19.1 Å². The van der Waals surface area contributed by atoms with Crippen LogP contribution in [0.15, 0.2) is 61.1 Å². The Morgan fingerprint density at radius 3 is 2.53 bits per heavy atom. The zero-order valence-corrected chi connectivity index (χ0v) is 15.9. The Kier molecular flexibility index (Phi) is 5.26. The monoisotopic (exact) mass is 414 g/mol. The summed E-state index contributed by atoms with van der Waals surface area (Å²) in [6, 6.07) is 12.8. The van der Waals surface area contributed by atoms with Gasteiger partial charge in [0, 0.05) is 18.7 Å². The average Bonchev–Trinajstić information content (AvgIpc) is 3.18. The largest absolute Gasteiger partial charge is 0.477 e. The fourth-order valence-corrected chi connectivity index (χ4v) is 2.89. The first-order valence-electron chi connectivity index (χ1n) is 9.12. The summed E-state index contributed by atoms with van der Waals surface area (Å²) in [6.07, 6.45) is -0.473. The number of benzene rings is 2. The molecule has 0 aliphatic carbocycles. The van der Waals surface area contributed by atoms with Gasteiger partial charge in [0.05, 0.1) is 12.2 Å². The van der Waals surface area contributed by atoms with Gasteiger partial charge in [-0.2, -0.15) is 18.2 Å². The van der Waals surface area contributed by atoms with Crippen molar-refractivity contribution in [2.24, 2.45) is 0 Å². The zero-order chi connectivity index (χ0) is 21.1. The van der Waals surface area contributed by atoms with Gasteiger partial charge in [0.1, 0.15) is 17.8 Å². The van der Waals surface area contributed by atoms with Crippen molar-refractivity contribution < 1.29 is 22.6 Å². The van der Waals surface area contributed by atoms with Crippen molar-refractivity contribution in [3.8, 4) is 17.4 Å². The lowest BCUT2D eigenvalue weighted by Gasteiger charge is -2.13. The lowest BCUT2D eigenvalue weighted by Crippen LogP contribution is -2.07. The van der Waals surface area contributed by atoms with Crippen LogP contribution in [0.4, 0.5) is 13.2 Å². The number of hydrogen-bond acceptors (Lipinski definition) is 5. The molecule has 2 aromatic heterocycles. The third-order valence-corrected chi connectivity index (χ3v) is 4.46. The van der Waals surface area contributed by atoms with E-state index in [1.54, 1.807) is 35.1 Å². The molecular formula is C21H17F3N4O2. The second-order valence-corrected chi connectivity index (χ2v) is 6.62. The van der Waals surface area contributed by atoms with Gasteiger partial charge >= 0.3 is 6.18 Å². The normalized spacial score (nSPS) is 11.6. The summed E-state index contributed by atoms with van der Waals surface area (Å²) in [5.41, 5.74) is 0.445. The molecule has 154 valence electrons. The van der Waals surface area contributed by atoms with Crippen LogP contribution in [-0.4, -0.2) is 26.2 Å². The third kappa shape index (κ3) is 4.51. The number of hydrogen-bond donors (Lipinski definition) is 0. The van der Waals surface area contributed by atoms with Gasteiger partial charge < -0.3 is 9.47 Å². The standard InChI is InChI=1S/C21H17F3N4O2/c1-14-2-5-17(12-18(14)21(22,23)24)30-16-6-3-15(4-7-16)9-11-29-19-8-10-28-13-25-27-20(28)26-19/h2-8,10,12-13H,9,11H2,1H3. The summed E-state index contributed by atoms with van der Waals surface area (Å²) in [5.74, 6) is 1.50. The average molecular weight is 414 g/mol. The Morgan fingerprint density at radius 2 is 1.77 bits per heavy atom. The summed E-state index contributed by atoms with van der Waals surface area (Å²) >= 11 is 0. The van der Waals surface area contributed by atoms with Crippen LogP contribution in [0.2, 0.25) is 0 Å². The molecule has 0 bridgehead atoms. The second-order valence-electron chi connectivity index (χ2n) is 6.62. The minimum Gasteiger partial charge on any atom is -0.477 e. The molecule has 0 saturated carbocycles. The number of halogens is 3. The number of rotatable bonds is 6. The Labute approximate surface area is 169 Å². The quantitative estimate of drug-likeness (QED) is 0.451. The first-order valence-corrected chi connectivity index (χ1v) is 9.12. The maximum Gasteiger partial charge on any atom is 0.416 e. The number of ether oxygens (including phenoxy) is 2. The van der Waals surface area contributed by atoms with Crippen molar-refractivity contribution in [1.82, 2.24) is 19.6 Å². The van der Waals surface area contributed by atoms with Gasteiger partial charge in [-0.15, -0.1) is 10.2 Å². The fraction of sp³-hybridized carbons (Fsp3) is 0.190. The highest BCUT2D eigenvalue weighted by Gasteiger charge is 2.32. The smallest absolute Gasteiger partial charge is 0.416 e. The van der Waals surface area contributed by atoms with Gasteiger partial charge in [-0.3, -0.25) is 4.40 Å². The van der Waals surface area contributed by atoms with Crippen LogP contribution in [-0.2, 0) is 12.6 Å². The Bertz CT molecular complexity index is 1160. The molecule has 0 saturated heterocycles. The Hall–Kier alpha value is -3.62. The molecule has 6 nitrogen and oxygen atoms in total. The molecule has 30 heavy (non-hydrogen) atoms. The van der Waals surface area contributed by atoms with Crippen molar-refractivity contribution >= 4 is 5.78 Å². The van der Waals surface area contributed by atoms with Crippen molar-refractivity contribution in [2.45, 2.75) is 19.5 Å². The van der Waals surface area contributed by atoms with E-state index in [9.17, 15) is 13.2 Å². The summed E-state index contributed by atoms with van der Waals surface area (Å²) in [6.45, 7) is 1.83. The van der Waals surface area contributed by atoms with E-state index in [2.05, 4.69) is 15.2 Å². The number of nitrogens with zero attached hydrogens (tertiary/aromatic N) is 4. The topological polar surface area (TPSA) is 61.5 Å². The third-order valence-electron chi connectivity index (χ3n) is 4.46. The SMILES string of the molecule is Cc1ccc(Oc2ccc(CCOc3ccn4cnnc4n3)cc2)cc1C(F)(F)F. The van der Waals surface area contributed by atoms with Crippen molar-refractivity contribution in [2.75, 3.05) is 6.61 Å². The van der Waals surface area contributed by atoms with Gasteiger partial charge in [0.15, 0.2) is 0 Å². The minimum absolute atomic E-state index is 0.138. The first-order chi connectivity index (χ1) is 14.4. The van der Waals surface area contributed by atoms with Crippen LogP contribution >= 0.6 is 0 Å². The maximum absolute atomic E-state index is 13.0. The molecule has 0 aliphatic heterocycles. The Morgan fingerprint density at radius 1 is 1.00 bits per heavy atom. The highest BCUT2D eigenvalue weighted by molar-refractivity contribution is 5.40. The van der Waals surface area contributed by atoms with Gasteiger partial charge in [-0.1, -0.05) is 18.2 Å². The molecule has 0 spiro atoms. The van der Waals surface area contributed by atoms with E-state index in [1.807, 2.05) is 12.1 Å². The van der Waals surface area contributed by atoms with E-state index < -0.39 is 11.7 Å². The first kappa shape index (κ1) is 19.7. The predicted octanol–water partition coefficient (Wildman–Crippen LogP) is 4.87. The van der Waals surface area contributed by atoms with E-state index >= 15 is 0 Å². The molecule has 0 amide bonds. The van der Waals surface area contributed by atoms with Gasteiger partial charge in [-0.05, 0) is 42.3 Å². The van der Waals surface area contributed by atoms with Crippen LogP contribution in [0, 0.1) is 6.92 Å². The van der Waals surface area contributed by atoms with Crippen LogP contribution in [0.25, 0.3) is 5.78 Å². The number of alkyl halides is 3. The lowest BCUT2D eigenvalue weighted by molar-refractivity contribution is -0.138. The molecule has 0 fully saturated rings. The molecule has 0 atom stereocenters. The molecule has 4 rings (SSSR count). The number of aryl methyl sites for hydroxylation is 1. The Balaban J connectivity index is 1.35. The van der Waals surface area contributed by atoms with Crippen LogP contribution in [0.1, 0.15) is 16.7 Å². The van der Waals surface area contributed by atoms with Crippen LogP contribution in [0.3, 0.4) is 0 Å². The molecule has 2 heterocycles. The van der Waals surface area contributed by atoms with Crippen molar-refractivity contribution in [3.63, 3.8) is 0 Å². The summed E-state index contributed by atoms with van der Waals surface area (Å²) < 4.78 is 52.0. The zero-order valence-electron chi connectivity index (χ0n) is 15.9. The molecule has 2 aromatic carbocycles. The van der Waals surface area contributed by atoms with E-state index in [-0.39, 0.29) is 11.3 Å². The molecule has 0 unspecified atom stereocenters. The van der Waals surface area contributed by atoms with Gasteiger partial charge in [-0.25, -0.2) is 0 Å². The number of aromatic nitrogens is 4. The summed E-state index contributed by atoms with van der Waals surface area (Å²) in [7, 11) is 0.